The van der Waals surface area contributed by atoms with Crippen molar-refractivity contribution >= 4 is 11.9 Å². The van der Waals surface area contributed by atoms with Crippen molar-refractivity contribution in [3.05, 3.63) is 23.8 Å². The van der Waals surface area contributed by atoms with Gasteiger partial charge in [0.05, 0.1) is 6.54 Å². The van der Waals surface area contributed by atoms with Crippen LogP contribution in [-0.4, -0.2) is 47.5 Å². The normalized spacial score (nSPS) is 22.4. The molecule has 1 spiro atoms. The quantitative estimate of drug-likeness (QED) is 0.782. The number of carbonyl (C=O) groups excluding carboxylic acids is 2. The maximum absolute atomic E-state index is 13.0. The number of amides is 3. The summed E-state index contributed by atoms with van der Waals surface area (Å²) in [5, 5.41) is 0. The number of hydrogen-bond acceptors (Lipinski definition) is 4. The lowest BCUT2D eigenvalue weighted by molar-refractivity contribution is -0.134. The van der Waals surface area contributed by atoms with Gasteiger partial charge in [0.25, 0.3) is 5.91 Å². The molecule has 0 radical (unpaired) electrons. The first-order valence-electron chi connectivity index (χ1n) is 8.60. The largest absolute Gasteiger partial charge is 0.486 e. The van der Waals surface area contributed by atoms with Crippen LogP contribution in [0.2, 0.25) is 0 Å². The molecule has 1 aromatic carbocycles. The molecule has 1 saturated carbocycles. The Labute approximate surface area is 141 Å². The van der Waals surface area contributed by atoms with Gasteiger partial charge in [-0.15, -0.1) is 0 Å². The van der Waals surface area contributed by atoms with Crippen LogP contribution in [0.25, 0.3) is 0 Å². The molecule has 24 heavy (non-hydrogen) atoms. The van der Waals surface area contributed by atoms with Gasteiger partial charge >= 0.3 is 6.03 Å². The third-order valence-electron chi connectivity index (χ3n) is 5.43. The first-order chi connectivity index (χ1) is 11.6. The Hall–Kier alpha value is -2.24. The van der Waals surface area contributed by atoms with E-state index in [1.807, 2.05) is 18.2 Å². The molecule has 0 unspecified atom stereocenters. The molecule has 2 aliphatic heterocycles. The highest BCUT2D eigenvalue weighted by Crippen LogP contribution is 2.40. The fourth-order valence-corrected chi connectivity index (χ4v) is 4.04. The van der Waals surface area contributed by atoms with Crippen molar-refractivity contribution in [3.8, 4) is 11.5 Å². The minimum absolute atomic E-state index is 0.0513. The van der Waals surface area contributed by atoms with Crippen LogP contribution in [0.4, 0.5) is 4.79 Å². The molecule has 4 rings (SSSR count). The third kappa shape index (κ3) is 2.24. The number of nitrogens with zero attached hydrogens (tertiary/aromatic N) is 2. The molecule has 128 valence electrons. The Kier molecular flexibility index (Phi) is 3.62. The summed E-state index contributed by atoms with van der Waals surface area (Å²) in [4.78, 5) is 28.7. The van der Waals surface area contributed by atoms with Gasteiger partial charge in [0.15, 0.2) is 11.5 Å². The van der Waals surface area contributed by atoms with E-state index in [0.29, 0.717) is 24.7 Å². The first kappa shape index (κ1) is 15.3. The SMILES string of the molecule is CN1C(=O)N(Cc2ccc3c(c2)OCCO3)C(=O)C12CCCCC2. The molecule has 3 amide bonds. The maximum Gasteiger partial charge on any atom is 0.327 e. The van der Waals surface area contributed by atoms with Crippen molar-refractivity contribution in [2.75, 3.05) is 20.3 Å². The van der Waals surface area contributed by atoms with Crippen molar-refractivity contribution in [1.82, 2.24) is 9.80 Å². The molecule has 6 nitrogen and oxygen atoms in total. The summed E-state index contributed by atoms with van der Waals surface area (Å²) in [6.07, 6.45) is 4.68. The van der Waals surface area contributed by atoms with Gasteiger partial charge in [-0.2, -0.15) is 0 Å². The Morgan fingerprint density at radius 2 is 1.75 bits per heavy atom. The highest BCUT2D eigenvalue weighted by atomic mass is 16.6. The van der Waals surface area contributed by atoms with Crippen LogP contribution < -0.4 is 9.47 Å². The topological polar surface area (TPSA) is 59.1 Å². The van der Waals surface area contributed by atoms with E-state index in [-0.39, 0.29) is 18.5 Å². The van der Waals surface area contributed by atoms with Crippen LogP contribution in [0.1, 0.15) is 37.7 Å². The summed E-state index contributed by atoms with van der Waals surface area (Å²) in [6, 6.07) is 5.40. The highest BCUT2D eigenvalue weighted by molar-refractivity contribution is 6.06. The van der Waals surface area contributed by atoms with Gasteiger partial charge in [0.1, 0.15) is 18.8 Å². The van der Waals surface area contributed by atoms with Crippen molar-refractivity contribution in [2.24, 2.45) is 0 Å². The smallest absolute Gasteiger partial charge is 0.327 e. The molecule has 6 heteroatoms. The van der Waals surface area contributed by atoms with Gasteiger partial charge in [-0.3, -0.25) is 9.69 Å². The summed E-state index contributed by atoms with van der Waals surface area (Å²) in [7, 11) is 1.76. The van der Waals surface area contributed by atoms with Gasteiger partial charge in [-0.1, -0.05) is 25.3 Å². The minimum Gasteiger partial charge on any atom is -0.486 e. The Morgan fingerprint density at radius 1 is 1.04 bits per heavy atom. The standard InChI is InChI=1S/C18H22N2O4/c1-19-17(22)20(16(21)18(19)7-3-2-4-8-18)12-13-5-6-14-15(11-13)24-10-9-23-14/h5-6,11H,2-4,7-10,12H2,1H3. The van der Waals surface area contributed by atoms with Crippen molar-refractivity contribution in [1.29, 1.82) is 0 Å². The average Bonchev–Trinajstić information content (AvgIpc) is 2.79. The number of likely N-dealkylation sites (N-methyl/N-ethyl adjacent to an activating group) is 1. The van der Waals surface area contributed by atoms with Crippen LogP contribution in [-0.2, 0) is 11.3 Å². The van der Waals surface area contributed by atoms with Crippen LogP contribution in [0.15, 0.2) is 18.2 Å². The average molecular weight is 330 g/mol. The van der Waals surface area contributed by atoms with E-state index >= 15 is 0 Å². The van der Waals surface area contributed by atoms with Gasteiger partial charge in [-0.25, -0.2) is 4.79 Å². The number of rotatable bonds is 2. The van der Waals surface area contributed by atoms with Crippen molar-refractivity contribution in [2.45, 2.75) is 44.2 Å². The Bertz CT molecular complexity index is 682. The molecular weight excluding hydrogens is 308 g/mol. The summed E-state index contributed by atoms with van der Waals surface area (Å²) >= 11 is 0. The monoisotopic (exact) mass is 330 g/mol. The third-order valence-corrected chi connectivity index (χ3v) is 5.43. The van der Waals surface area contributed by atoms with E-state index in [1.54, 1.807) is 11.9 Å². The van der Waals surface area contributed by atoms with Crippen LogP contribution >= 0.6 is 0 Å². The van der Waals surface area contributed by atoms with Crippen LogP contribution in [0.5, 0.6) is 11.5 Å². The second kappa shape index (κ2) is 5.69. The maximum atomic E-state index is 13.0. The molecule has 0 atom stereocenters. The van der Waals surface area contributed by atoms with Crippen molar-refractivity contribution in [3.63, 3.8) is 0 Å². The van der Waals surface area contributed by atoms with Gasteiger partial charge in [0.2, 0.25) is 0 Å². The molecule has 1 saturated heterocycles. The molecular formula is C18H22N2O4. The second-order valence-electron chi connectivity index (χ2n) is 6.80. The Balaban J connectivity index is 1.58. The lowest BCUT2D eigenvalue weighted by Gasteiger charge is -2.35. The van der Waals surface area contributed by atoms with E-state index in [0.717, 1.165) is 37.7 Å². The van der Waals surface area contributed by atoms with E-state index in [4.69, 9.17) is 9.47 Å². The fourth-order valence-electron chi connectivity index (χ4n) is 4.04. The molecule has 0 N–H and O–H groups in total. The van der Waals surface area contributed by atoms with E-state index in [1.165, 1.54) is 4.90 Å². The number of benzene rings is 1. The lowest BCUT2D eigenvalue weighted by Crippen LogP contribution is -2.49. The summed E-state index contributed by atoms with van der Waals surface area (Å²) in [5.74, 6) is 1.34. The van der Waals surface area contributed by atoms with Crippen molar-refractivity contribution < 1.29 is 19.1 Å². The van der Waals surface area contributed by atoms with E-state index in [9.17, 15) is 9.59 Å². The summed E-state index contributed by atoms with van der Waals surface area (Å²) in [5.41, 5.74) is 0.255. The molecule has 2 heterocycles. The molecule has 2 fully saturated rings. The number of imide groups is 1. The zero-order valence-electron chi connectivity index (χ0n) is 13.9. The molecule has 0 aromatic heterocycles. The molecule has 0 bridgehead atoms. The predicted molar refractivity (Wildman–Crippen MR) is 87.0 cm³/mol. The lowest BCUT2D eigenvalue weighted by atomic mass is 9.81. The second-order valence-corrected chi connectivity index (χ2v) is 6.80. The Morgan fingerprint density at radius 3 is 2.50 bits per heavy atom. The van der Waals surface area contributed by atoms with Crippen LogP contribution in [0.3, 0.4) is 0 Å². The molecule has 1 aromatic rings. The fraction of sp³-hybridized carbons (Fsp3) is 0.556. The zero-order valence-corrected chi connectivity index (χ0v) is 13.9. The summed E-state index contributed by atoms with van der Waals surface area (Å²) < 4.78 is 11.1. The summed E-state index contributed by atoms with van der Waals surface area (Å²) in [6.45, 7) is 1.34. The number of hydrogen-bond donors (Lipinski definition) is 0. The van der Waals surface area contributed by atoms with Gasteiger partial charge in [-0.05, 0) is 30.5 Å². The predicted octanol–water partition coefficient (Wildman–Crippen LogP) is 2.55. The van der Waals surface area contributed by atoms with Crippen LogP contribution in [0, 0.1) is 0 Å². The zero-order chi connectivity index (χ0) is 16.7. The molecule has 3 aliphatic rings. The minimum atomic E-state index is -0.622. The van der Waals surface area contributed by atoms with Gasteiger partial charge in [0, 0.05) is 7.05 Å². The highest BCUT2D eigenvalue weighted by Gasteiger charge is 2.55. The van der Waals surface area contributed by atoms with Gasteiger partial charge < -0.3 is 14.4 Å². The molecule has 1 aliphatic carbocycles. The van der Waals surface area contributed by atoms with E-state index in [2.05, 4.69) is 0 Å². The number of ether oxygens (including phenoxy) is 2. The van der Waals surface area contributed by atoms with E-state index < -0.39 is 5.54 Å². The number of urea groups is 1. The first-order valence-corrected chi connectivity index (χ1v) is 8.60. The number of carbonyl (C=O) groups is 2. The number of fused-ring (bicyclic) bond motifs is 1.